The topological polar surface area (TPSA) is 41.5 Å². The van der Waals surface area contributed by atoms with E-state index in [1.54, 1.807) is 18.2 Å². The molecule has 0 aromatic heterocycles. The summed E-state index contributed by atoms with van der Waals surface area (Å²) in [5.74, 6) is -11.3. The molecule has 1 amide bonds. The lowest BCUT2D eigenvalue weighted by Crippen LogP contribution is -2.18. The summed E-state index contributed by atoms with van der Waals surface area (Å²) in [6.45, 7) is 0. The van der Waals surface area contributed by atoms with Crippen LogP contribution in [0.15, 0.2) is 33.8 Å². The Hall–Kier alpha value is -2.29. The van der Waals surface area contributed by atoms with E-state index < -0.39 is 40.6 Å². The Labute approximate surface area is 134 Å². The van der Waals surface area contributed by atoms with Crippen LogP contribution in [0.25, 0.3) is 0 Å². The first kappa shape index (κ1) is 17.1. The number of hydrogen-bond acceptors (Lipinski definition) is 2. The van der Waals surface area contributed by atoms with Crippen LogP contribution in [0, 0.1) is 29.1 Å². The van der Waals surface area contributed by atoms with Crippen molar-refractivity contribution < 1.29 is 26.7 Å². The van der Waals surface area contributed by atoms with Crippen molar-refractivity contribution in [3.8, 4) is 0 Å². The fraction of sp³-hybridized carbons (Fsp3) is 0. The van der Waals surface area contributed by atoms with Crippen molar-refractivity contribution in [2.75, 3.05) is 0 Å². The second-order valence-corrected chi connectivity index (χ2v) is 5.02. The summed E-state index contributed by atoms with van der Waals surface area (Å²) in [5, 5.41) is 3.21. The molecule has 0 fully saturated rings. The van der Waals surface area contributed by atoms with Crippen LogP contribution in [0.5, 0.6) is 0 Å². The Balaban J connectivity index is 2.25. The number of halogens is 6. The van der Waals surface area contributed by atoms with Gasteiger partial charge < -0.3 is 0 Å². The lowest BCUT2D eigenvalue weighted by atomic mass is 10.2. The highest BCUT2D eigenvalue weighted by atomic mass is 79.9. The zero-order valence-electron chi connectivity index (χ0n) is 11.0. The zero-order valence-corrected chi connectivity index (χ0v) is 12.6. The van der Waals surface area contributed by atoms with Crippen LogP contribution in [0.3, 0.4) is 0 Å². The molecule has 0 heterocycles. The molecule has 3 nitrogen and oxygen atoms in total. The van der Waals surface area contributed by atoms with E-state index in [9.17, 15) is 26.7 Å². The molecule has 120 valence electrons. The standard InChI is InChI=1S/C14H6BrF5N2O/c15-8-4-2-1-3-6(8)14(23)22-21-5-7-9(16)11(18)13(20)12(19)10(7)17/h1-5H,(H,22,23)/b21-5+. The molecule has 2 aromatic carbocycles. The molecule has 0 aliphatic carbocycles. The number of carbonyl (C=O) groups is 1. The van der Waals surface area contributed by atoms with Gasteiger partial charge in [-0.2, -0.15) is 5.10 Å². The maximum Gasteiger partial charge on any atom is 0.272 e. The molecule has 0 radical (unpaired) electrons. The van der Waals surface area contributed by atoms with E-state index in [2.05, 4.69) is 21.0 Å². The molecule has 2 aromatic rings. The number of nitrogens with zero attached hydrogens (tertiary/aromatic N) is 1. The first-order valence-corrected chi connectivity index (χ1v) is 6.73. The maximum absolute atomic E-state index is 13.4. The van der Waals surface area contributed by atoms with Crippen molar-refractivity contribution in [1.82, 2.24) is 5.43 Å². The van der Waals surface area contributed by atoms with Crippen LogP contribution in [0.1, 0.15) is 15.9 Å². The number of nitrogens with one attached hydrogen (secondary N) is 1. The second-order valence-electron chi connectivity index (χ2n) is 4.16. The van der Waals surface area contributed by atoms with Crippen LogP contribution in [0.4, 0.5) is 22.0 Å². The molecule has 0 aliphatic heterocycles. The molecule has 23 heavy (non-hydrogen) atoms. The van der Waals surface area contributed by atoms with Crippen molar-refractivity contribution >= 4 is 28.1 Å². The van der Waals surface area contributed by atoms with Crippen molar-refractivity contribution in [3.63, 3.8) is 0 Å². The number of hydrazone groups is 1. The highest BCUT2D eigenvalue weighted by molar-refractivity contribution is 9.10. The van der Waals surface area contributed by atoms with Crippen LogP contribution >= 0.6 is 15.9 Å². The molecule has 0 aliphatic rings. The molecule has 0 unspecified atom stereocenters. The Morgan fingerprint density at radius 2 is 1.48 bits per heavy atom. The van der Waals surface area contributed by atoms with Gasteiger partial charge in [0.05, 0.1) is 17.3 Å². The van der Waals surface area contributed by atoms with Gasteiger partial charge in [0.1, 0.15) is 0 Å². The zero-order chi connectivity index (χ0) is 17.1. The van der Waals surface area contributed by atoms with Gasteiger partial charge in [-0.1, -0.05) is 12.1 Å². The summed E-state index contributed by atoms with van der Waals surface area (Å²) in [4.78, 5) is 11.8. The van der Waals surface area contributed by atoms with Crippen LogP contribution in [-0.2, 0) is 0 Å². The van der Waals surface area contributed by atoms with E-state index in [4.69, 9.17) is 0 Å². The summed E-state index contributed by atoms with van der Waals surface area (Å²) in [5.41, 5.74) is 0.838. The van der Waals surface area contributed by atoms with Gasteiger partial charge in [0.15, 0.2) is 23.3 Å². The summed E-state index contributed by atoms with van der Waals surface area (Å²) in [7, 11) is 0. The Bertz CT molecular complexity index is 781. The lowest BCUT2D eigenvalue weighted by Gasteiger charge is -2.04. The fourth-order valence-corrected chi connectivity index (χ4v) is 2.06. The van der Waals surface area contributed by atoms with Gasteiger partial charge >= 0.3 is 0 Å². The number of benzene rings is 2. The third-order valence-electron chi connectivity index (χ3n) is 2.72. The van der Waals surface area contributed by atoms with Crippen molar-refractivity contribution in [3.05, 3.63) is 69.0 Å². The third-order valence-corrected chi connectivity index (χ3v) is 3.41. The number of carbonyl (C=O) groups excluding carboxylic acids is 1. The predicted octanol–water partition coefficient (Wildman–Crippen LogP) is 3.91. The SMILES string of the molecule is O=C(N/N=C/c1c(F)c(F)c(F)c(F)c1F)c1ccccc1Br. The van der Waals surface area contributed by atoms with Gasteiger partial charge in [-0.15, -0.1) is 0 Å². The molecular weight excluding hydrogens is 387 g/mol. The minimum Gasteiger partial charge on any atom is -0.267 e. The summed E-state index contributed by atoms with van der Waals surface area (Å²) >= 11 is 3.11. The predicted molar refractivity (Wildman–Crippen MR) is 75.4 cm³/mol. The van der Waals surface area contributed by atoms with Crippen molar-refractivity contribution in [1.29, 1.82) is 0 Å². The van der Waals surface area contributed by atoms with Crippen molar-refractivity contribution in [2.24, 2.45) is 5.10 Å². The van der Waals surface area contributed by atoms with Crippen LogP contribution in [0.2, 0.25) is 0 Å². The van der Waals surface area contributed by atoms with E-state index in [1.807, 2.05) is 5.43 Å². The number of amides is 1. The summed E-state index contributed by atoms with van der Waals surface area (Å²) in [6, 6.07) is 6.22. The van der Waals surface area contributed by atoms with E-state index >= 15 is 0 Å². The molecular formula is C14H6BrF5N2O. The average Bonchev–Trinajstić information content (AvgIpc) is 2.54. The molecule has 2 rings (SSSR count). The molecule has 1 N–H and O–H groups in total. The van der Waals surface area contributed by atoms with Gasteiger partial charge in [0.2, 0.25) is 5.82 Å². The van der Waals surface area contributed by atoms with Gasteiger partial charge in [-0.25, -0.2) is 27.4 Å². The van der Waals surface area contributed by atoms with Gasteiger partial charge in [0.25, 0.3) is 5.91 Å². The monoisotopic (exact) mass is 392 g/mol. The van der Waals surface area contributed by atoms with E-state index in [0.29, 0.717) is 10.7 Å². The Morgan fingerprint density at radius 3 is 2.04 bits per heavy atom. The van der Waals surface area contributed by atoms with E-state index in [-0.39, 0.29) is 5.56 Å². The normalized spacial score (nSPS) is 11.0. The van der Waals surface area contributed by atoms with Crippen LogP contribution < -0.4 is 5.43 Å². The quantitative estimate of drug-likeness (QED) is 0.278. The van der Waals surface area contributed by atoms with Gasteiger partial charge in [-0.05, 0) is 28.1 Å². The van der Waals surface area contributed by atoms with E-state index in [1.165, 1.54) is 6.07 Å². The van der Waals surface area contributed by atoms with Gasteiger partial charge in [0, 0.05) is 4.47 Å². The highest BCUT2D eigenvalue weighted by Crippen LogP contribution is 2.21. The summed E-state index contributed by atoms with van der Waals surface area (Å²) < 4.78 is 66.0. The molecule has 0 spiro atoms. The number of hydrogen-bond donors (Lipinski definition) is 1. The Morgan fingerprint density at radius 1 is 0.957 bits per heavy atom. The average molecular weight is 393 g/mol. The first-order chi connectivity index (χ1) is 10.8. The first-order valence-electron chi connectivity index (χ1n) is 5.94. The Kier molecular flexibility index (Phi) is 5.09. The molecule has 0 bridgehead atoms. The highest BCUT2D eigenvalue weighted by Gasteiger charge is 2.24. The third kappa shape index (κ3) is 3.39. The lowest BCUT2D eigenvalue weighted by molar-refractivity contribution is 0.0954. The minimum atomic E-state index is -2.27. The van der Waals surface area contributed by atoms with Crippen molar-refractivity contribution in [2.45, 2.75) is 0 Å². The molecule has 9 heteroatoms. The fourth-order valence-electron chi connectivity index (χ4n) is 1.60. The van der Waals surface area contributed by atoms with Crippen LogP contribution in [-0.4, -0.2) is 12.1 Å². The van der Waals surface area contributed by atoms with E-state index in [0.717, 1.165) is 0 Å². The number of rotatable bonds is 3. The van der Waals surface area contributed by atoms with Gasteiger partial charge in [-0.3, -0.25) is 4.79 Å². The molecule has 0 atom stereocenters. The summed E-state index contributed by atoms with van der Waals surface area (Å²) in [6.07, 6.45) is 0.338. The largest absolute Gasteiger partial charge is 0.272 e. The minimum absolute atomic E-state index is 0.169. The molecule has 0 saturated carbocycles. The second kappa shape index (κ2) is 6.86. The smallest absolute Gasteiger partial charge is 0.267 e. The maximum atomic E-state index is 13.4. The molecule has 0 saturated heterocycles.